The van der Waals surface area contributed by atoms with Gasteiger partial charge in [0.05, 0.1) is 11.3 Å². The van der Waals surface area contributed by atoms with Crippen LogP contribution in [0.5, 0.6) is 0 Å². The molecule has 0 saturated heterocycles. The zero-order valence-electron chi connectivity index (χ0n) is 10.0. The molecule has 2 heterocycles. The zero-order chi connectivity index (χ0) is 12.5. The molecule has 1 fully saturated rings. The van der Waals surface area contributed by atoms with Crippen LogP contribution in [0.2, 0.25) is 0 Å². The van der Waals surface area contributed by atoms with Crippen molar-refractivity contribution in [3.8, 4) is 6.07 Å². The van der Waals surface area contributed by atoms with Crippen molar-refractivity contribution in [1.29, 1.82) is 5.26 Å². The highest BCUT2D eigenvalue weighted by Gasteiger charge is 2.26. The van der Waals surface area contributed by atoms with E-state index in [-0.39, 0.29) is 0 Å². The normalized spacial score (nSPS) is 15.7. The lowest BCUT2D eigenvalue weighted by molar-refractivity contribution is 0.525. The predicted octanol–water partition coefficient (Wildman–Crippen LogP) is 3.99. The van der Waals surface area contributed by atoms with E-state index in [1.807, 2.05) is 19.1 Å². The molecular weight excluding hydrogens is 244 g/mol. The van der Waals surface area contributed by atoms with E-state index in [9.17, 15) is 5.26 Å². The molecule has 0 spiro atoms. The van der Waals surface area contributed by atoms with Crippen LogP contribution in [0.25, 0.3) is 11.6 Å². The number of thiazole rings is 1. The van der Waals surface area contributed by atoms with Gasteiger partial charge in [-0.2, -0.15) is 5.26 Å². The first-order chi connectivity index (χ1) is 8.76. The van der Waals surface area contributed by atoms with Gasteiger partial charge in [0.25, 0.3) is 0 Å². The molecule has 4 heteroatoms. The van der Waals surface area contributed by atoms with Gasteiger partial charge in [-0.1, -0.05) is 0 Å². The standard InChI is InChI=1S/C14H12N2OS/c1-9-2-5-12(17-9)6-11(7-15)14-16-13(8-18-14)10-3-4-10/h2,5-6,8,10H,3-4H2,1H3/b11-6-. The first-order valence-electron chi connectivity index (χ1n) is 5.90. The Labute approximate surface area is 109 Å². The minimum Gasteiger partial charge on any atom is -0.462 e. The minimum atomic E-state index is 0.571. The monoisotopic (exact) mass is 256 g/mol. The van der Waals surface area contributed by atoms with Crippen LogP contribution in [-0.2, 0) is 0 Å². The van der Waals surface area contributed by atoms with Crippen molar-refractivity contribution in [2.75, 3.05) is 0 Å². The molecule has 2 aromatic rings. The van der Waals surface area contributed by atoms with Crippen LogP contribution in [0.3, 0.4) is 0 Å². The largest absolute Gasteiger partial charge is 0.462 e. The molecule has 3 nitrogen and oxygen atoms in total. The van der Waals surface area contributed by atoms with Crippen molar-refractivity contribution in [1.82, 2.24) is 4.98 Å². The molecule has 0 N–H and O–H groups in total. The molecule has 0 aliphatic heterocycles. The number of furan rings is 1. The Bertz CT molecular complexity index is 641. The summed E-state index contributed by atoms with van der Waals surface area (Å²) in [6.07, 6.45) is 4.21. The Morgan fingerprint density at radius 1 is 1.56 bits per heavy atom. The number of nitriles is 1. The SMILES string of the molecule is Cc1ccc(/C=C(/C#N)c2nc(C3CC3)cs2)o1. The quantitative estimate of drug-likeness (QED) is 0.780. The smallest absolute Gasteiger partial charge is 0.134 e. The fourth-order valence-corrected chi connectivity index (χ4v) is 2.66. The summed E-state index contributed by atoms with van der Waals surface area (Å²) in [5, 5.41) is 12.1. The maximum atomic E-state index is 9.22. The Kier molecular flexibility index (Phi) is 2.77. The van der Waals surface area contributed by atoms with Crippen LogP contribution in [0.4, 0.5) is 0 Å². The molecule has 1 aliphatic carbocycles. The third-order valence-corrected chi connectivity index (χ3v) is 3.81. The predicted molar refractivity (Wildman–Crippen MR) is 71.0 cm³/mol. The van der Waals surface area contributed by atoms with Gasteiger partial charge in [-0.05, 0) is 31.9 Å². The molecule has 3 rings (SSSR count). The van der Waals surface area contributed by atoms with Gasteiger partial charge < -0.3 is 4.42 Å². The second-order valence-electron chi connectivity index (χ2n) is 4.47. The second kappa shape index (κ2) is 4.43. The van der Waals surface area contributed by atoms with Crippen LogP contribution in [0.1, 0.15) is 41.0 Å². The lowest BCUT2D eigenvalue weighted by atomic mass is 10.2. The van der Waals surface area contributed by atoms with E-state index >= 15 is 0 Å². The zero-order valence-corrected chi connectivity index (χ0v) is 10.8. The van der Waals surface area contributed by atoms with Crippen molar-refractivity contribution < 1.29 is 4.42 Å². The molecular formula is C14H12N2OS. The molecule has 0 amide bonds. The maximum absolute atomic E-state index is 9.22. The van der Waals surface area contributed by atoms with Gasteiger partial charge in [-0.3, -0.25) is 0 Å². The van der Waals surface area contributed by atoms with Crippen LogP contribution in [0, 0.1) is 18.3 Å². The van der Waals surface area contributed by atoms with Crippen LogP contribution in [-0.4, -0.2) is 4.98 Å². The average Bonchev–Trinajstić information content (AvgIpc) is 2.96. The van der Waals surface area contributed by atoms with Gasteiger partial charge in [-0.15, -0.1) is 11.3 Å². The van der Waals surface area contributed by atoms with E-state index in [1.165, 1.54) is 24.2 Å². The maximum Gasteiger partial charge on any atom is 0.134 e. The molecule has 0 aromatic carbocycles. The summed E-state index contributed by atoms with van der Waals surface area (Å²) in [6, 6.07) is 5.95. The molecule has 1 saturated carbocycles. The van der Waals surface area contributed by atoms with Crippen molar-refractivity contribution in [3.63, 3.8) is 0 Å². The number of nitrogens with zero attached hydrogens (tertiary/aromatic N) is 2. The summed E-state index contributed by atoms with van der Waals surface area (Å²) in [5.74, 6) is 2.17. The summed E-state index contributed by atoms with van der Waals surface area (Å²) in [5.41, 5.74) is 1.70. The van der Waals surface area contributed by atoms with Crippen molar-refractivity contribution in [3.05, 3.63) is 39.7 Å². The van der Waals surface area contributed by atoms with Gasteiger partial charge in [0, 0.05) is 17.4 Å². The second-order valence-corrected chi connectivity index (χ2v) is 5.33. The Balaban J connectivity index is 1.91. The molecule has 0 unspecified atom stereocenters. The minimum absolute atomic E-state index is 0.571. The number of allylic oxidation sites excluding steroid dienone is 1. The number of rotatable bonds is 3. The van der Waals surface area contributed by atoms with Crippen molar-refractivity contribution >= 4 is 23.0 Å². The van der Waals surface area contributed by atoms with E-state index in [1.54, 1.807) is 6.08 Å². The average molecular weight is 256 g/mol. The molecule has 0 atom stereocenters. The number of aromatic nitrogens is 1. The van der Waals surface area contributed by atoms with E-state index in [0.717, 1.165) is 16.5 Å². The topological polar surface area (TPSA) is 49.8 Å². The summed E-state index contributed by atoms with van der Waals surface area (Å²) in [7, 11) is 0. The third kappa shape index (κ3) is 2.22. The lowest BCUT2D eigenvalue weighted by Crippen LogP contribution is -1.83. The van der Waals surface area contributed by atoms with Crippen LogP contribution >= 0.6 is 11.3 Å². The van der Waals surface area contributed by atoms with Gasteiger partial charge in [0.2, 0.25) is 0 Å². The van der Waals surface area contributed by atoms with Gasteiger partial charge in [0.15, 0.2) is 0 Å². The summed E-state index contributed by atoms with van der Waals surface area (Å²) < 4.78 is 5.45. The van der Waals surface area contributed by atoms with E-state index in [4.69, 9.17) is 4.42 Å². The molecule has 0 bridgehead atoms. The molecule has 90 valence electrons. The highest BCUT2D eigenvalue weighted by atomic mass is 32.1. The lowest BCUT2D eigenvalue weighted by Gasteiger charge is -1.92. The highest BCUT2D eigenvalue weighted by molar-refractivity contribution is 7.11. The Hall–Kier alpha value is -1.86. The summed E-state index contributed by atoms with van der Waals surface area (Å²) >= 11 is 1.53. The Morgan fingerprint density at radius 2 is 2.39 bits per heavy atom. The highest BCUT2D eigenvalue weighted by Crippen LogP contribution is 2.40. The molecule has 18 heavy (non-hydrogen) atoms. The van der Waals surface area contributed by atoms with E-state index in [0.29, 0.717) is 17.3 Å². The van der Waals surface area contributed by atoms with E-state index < -0.39 is 0 Å². The summed E-state index contributed by atoms with van der Waals surface area (Å²) in [4.78, 5) is 4.53. The van der Waals surface area contributed by atoms with Crippen LogP contribution < -0.4 is 0 Å². The van der Waals surface area contributed by atoms with Crippen molar-refractivity contribution in [2.24, 2.45) is 0 Å². The third-order valence-electron chi connectivity index (χ3n) is 2.92. The van der Waals surface area contributed by atoms with Gasteiger partial charge in [-0.25, -0.2) is 4.98 Å². The number of hydrogen-bond donors (Lipinski definition) is 0. The molecule has 2 aromatic heterocycles. The Morgan fingerprint density at radius 3 is 3.00 bits per heavy atom. The molecule has 1 aliphatic rings. The first-order valence-corrected chi connectivity index (χ1v) is 6.78. The number of aryl methyl sites for hydroxylation is 1. The fourth-order valence-electron chi connectivity index (χ4n) is 1.79. The van der Waals surface area contributed by atoms with E-state index in [2.05, 4.69) is 16.4 Å². The first kappa shape index (κ1) is 11.2. The number of hydrogen-bond acceptors (Lipinski definition) is 4. The fraction of sp³-hybridized carbons (Fsp3) is 0.286. The van der Waals surface area contributed by atoms with Gasteiger partial charge in [0.1, 0.15) is 22.6 Å². The summed E-state index contributed by atoms with van der Waals surface area (Å²) in [6.45, 7) is 1.89. The van der Waals surface area contributed by atoms with Crippen molar-refractivity contribution in [2.45, 2.75) is 25.7 Å². The molecule has 0 radical (unpaired) electrons. The van der Waals surface area contributed by atoms with Gasteiger partial charge >= 0.3 is 0 Å². The van der Waals surface area contributed by atoms with Crippen LogP contribution in [0.15, 0.2) is 21.9 Å².